The molecule has 0 bridgehead atoms. The van der Waals surface area contributed by atoms with Gasteiger partial charge in [0.2, 0.25) is 0 Å². The Morgan fingerprint density at radius 1 is 0.909 bits per heavy atom. The number of ether oxygens (including phenoxy) is 1. The zero-order valence-electron chi connectivity index (χ0n) is 11.9. The fraction of sp³-hybridized carbons (Fsp3) is 0.0526. The molecular formula is C19H14N2O. The molecule has 2 aromatic carbocycles. The van der Waals surface area contributed by atoms with Crippen molar-refractivity contribution in [1.29, 1.82) is 5.26 Å². The maximum Gasteiger partial charge on any atom is 0.119 e. The second-order valence-corrected chi connectivity index (χ2v) is 4.87. The van der Waals surface area contributed by atoms with E-state index in [1.807, 2.05) is 60.7 Å². The van der Waals surface area contributed by atoms with Gasteiger partial charge in [-0.3, -0.25) is 4.98 Å². The normalized spacial score (nSPS) is 9.95. The summed E-state index contributed by atoms with van der Waals surface area (Å²) in [7, 11) is 0. The van der Waals surface area contributed by atoms with E-state index in [4.69, 9.17) is 10.00 Å². The largest absolute Gasteiger partial charge is 0.489 e. The molecule has 0 spiro atoms. The van der Waals surface area contributed by atoms with Crippen LogP contribution in [0.5, 0.6) is 5.75 Å². The first-order valence-electron chi connectivity index (χ1n) is 6.97. The minimum atomic E-state index is 0.547. The highest BCUT2D eigenvalue weighted by molar-refractivity contribution is 5.64. The van der Waals surface area contributed by atoms with E-state index in [-0.39, 0.29) is 0 Å². The molecule has 1 aromatic heterocycles. The number of hydrogen-bond donors (Lipinski definition) is 0. The van der Waals surface area contributed by atoms with E-state index in [0.717, 1.165) is 22.4 Å². The summed E-state index contributed by atoms with van der Waals surface area (Å²) in [5.74, 6) is 0.817. The minimum Gasteiger partial charge on any atom is -0.489 e. The first kappa shape index (κ1) is 13.8. The summed E-state index contributed by atoms with van der Waals surface area (Å²) in [4.78, 5) is 4.08. The molecule has 0 aliphatic rings. The van der Waals surface area contributed by atoms with Gasteiger partial charge in [0.25, 0.3) is 0 Å². The van der Waals surface area contributed by atoms with Gasteiger partial charge in [0.1, 0.15) is 18.4 Å². The van der Waals surface area contributed by atoms with Gasteiger partial charge in [-0.05, 0) is 29.3 Å². The molecule has 0 unspecified atom stereocenters. The molecule has 106 valence electrons. The van der Waals surface area contributed by atoms with Crippen LogP contribution in [0.3, 0.4) is 0 Å². The summed E-state index contributed by atoms with van der Waals surface area (Å²) in [5.41, 5.74) is 3.63. The molecule has 0 N–H and O–H groups in total. The number of aromatic nitrogens is 1. The Balaban J connectivity index is 1.71. The van der Waals surface area contributed by atoms with Crippen molar-refractivity contribution < 1.29 is 4.74 Å². The molecule has 22 heavy (non-hydrogen) atoms. The van der Waals surface area contributed by atoms with Crippen molar-refractivity contribution in [3.63, 3.8) is 0 Å². The van der Waals surface area contributed by atoms with E-state index < -0.39 is 0 Å². The van der Waals surface area contributed by atoms with E-state index in [1.165, 1.54) is 0 Å². The summed E-state index contributed by atoms with van der Waals surface area (Å²) < 4.78 is 5.76. The van der Waals surface area contributed by atoms with Crippen LogP contribution in [0.2, 0.25) is 0 Å². The molecule has 3 nitrogen and oxygen atoms in total. The van der Waals surface area contributed by atoms with Crippen LogP contribution in [0.1, 0.15) is 11.1 Å². The predicted octanol–water partition coefficient (Wildman–Crippen LogP) is 4.20. The van der Waals surface area contributed by atoms with Gasteiger partial charge >= 0.3 is 0 Å². The lowest BCUT2D eigenvalue weighted by atomic mass is 10.1. The van der Waals surface area contributed by atoms with Gasteiger partial charge in [-0.1, -0.05) is 42.5 Å². The smallest absolute Gasteiger partial charge is 0.119 e. The van der Waals surface area contributed by atoms with Crippen molar-refractivity contribution in [2.45, 2.75) is 6.61 Å². The van der Waals surface area contributed by atoms with Crippen molar-refractivity contribution in [1.82, 2.24) is 4.98 Å². The number of nitrogens with zero attached hydrogens (tertiary/aromatic N) is 2. The second-order valence-electron chi connectivity index (χ2n) is 4.87. The topological polar surface area (TPSA) is 45.9 Å². The van der Waals surface area contributed by atoms with Gasteiger partial charge < -0.3 is 4.74 Å². The standard InChI is InChI=1S/C19H14N2O/c20-11-16-10-18(13-21-12-16)17-6-8-19(9-7-17)22-14-15-4-2-1-3-5-15/h1-10,12-13H,14H2. The fourth-order valence-corrected chi connectivity index (χ4v) is 2.14. The number of pyridine rings is 1. The Morgan fingerprint density at radius 2 is 1.68 bits per heavy atom. The van der Waals surface area contributed by atoms with Gasteiger partial charge in [0.15, 0.2) is 0 Å². The number of benzene rings is 2. The summed E-state index contributed by atoms with van der Waals surface area (Å²) in [6.07, 6.45) is 3.31. The highest BCUT2D eigenvalue weighted by Crippen LogP contribution is 2.23. The lowest BCUT2D eigenvalue weighted by molar-refractivity contribution is 0.306. The highest BCUT2D eigenvalue weighted by atomic mass is 16.5. The summed E-state index contributed by atoms with van der Waals surface area (Å²) in [6, 6.07) is 21.8. The number of nitriles is 1. The van der Waals surface area contributed by atoms with Crippen LogP contribution in [-0.2, 0) is 6.61 Å². The van der Waals surface area contributed by atoms with Crippen LogP contribution in [0.4, 0.5) is 0 Å². The van der Waals surface area contributed by atoms with E-state index in [0.29, 0.717) is 12.2 Å². The van der Waals surface area contributed by atoms with Gasteiger partial charge in [-0.2, -0.15) is 5.26 Å². The monoisotopic (exact) mass is 286 g/mol. The molecule has 0 saturated carbocycles. The molecule has 0 aliphatic carbocycles. The Kier molecular flexibility index (Phi) is 4.12. The number of rotatable bonds is 4. The Bertz CT molecular complexity index is 790. The molecule has 0 fully saturated rings. The van der Waals surface area contributed by atoms with Crippen LogP contribution in [0.15, 0.2) is 73.1 Å². The first-order valence-corrected chi connectivity index (χ1v) is 6.97. The molecule has 0 saturated heterocycles. The van der Waals surface area contributed by atoms with Crippen molar-refractivity contribution in [3.05, 3.63) is 84.2 Å². The average molecular weight is 286 g/mol. The molecule has 3 heteroatoms. The molecule has 0 aliphatic heterocycles. The molecule has 1 heterocycles. The second kappa shape index (κ2) is 6.55. The van der Waals surface area contributed by atoms with Crippen molar-refractivity contribution in [2.24, 2.45) is 0 Å². The van der Waals surface area contributed by atoms with Crippen LogP contribution < -0.4 is 4.74 Å². The zero-order valence-corrected chi connectivity index (χ0v) is 11.9. The van der Waals surface area contributed by atoms with E-state index >= 15 is 0 Å². The van der Waals surface area contributed by atoms with Gasteiger partial charge in [0, 0.05) is 18.0 Å². The van der Waals surface area contributed by atoms with Crippen LogP contribution >= 0.6 is 0 Å². The van der Waals surface area contributed by atoms with Crippen LogP contribution in [0, 0.1) is 11.3 Å². The van der Waals surface area contributed by atoms with E-state index in [1.54, 1.807) is 12.4 Å². The van der Waals surface area contributed by atoms with Gasteiger partial charge in [0.05, 0.1) is 5.56 Å². The maximum absolute atomic E-state index is 8.92. The van der Waals surface area contributed by atoms with Crippen molar-refractivity contribution >= 4 is 0 Å². The molecule has 3 rings (SSSR count). The molecule has 3 aromatic rings. The van der Waals surface area contributed by atoms with E-state index in [2.05, 4.69) is 11.1 Å². The van der Waals surface area contributed by atoms with Gasteiger partial charge in [-0.25, -0.2) is 0 Å². The maximum atomic E-state index is 8.92. The van der Waals surface area contributed by atoms with Crippen LogP contribution in [0.25, 0.3) is 11.1 Å². The molecule has 0 amide bonds. The third-order valence-corrected chi connectivity index (χ3v) is 3.30. The lowest BCUT2D eigenvalue weighted by Gasteiger charge is -2.07. The minimum absolute atomic E-state index is 0.547. The number of hydrogen-bond acceptors (Lipinski definition) is 3. The molecular weight excluding hydrogens is 272 g/mol. The van der Waals surface area contributed by atoms with E-state index in [9.17, 15) is 0 Å². The Labute approximate surface area is 129 Å². The van der Waals surface area contributed by atoms with Crippen LogP contribution in [-0.4, -0.2) is 4.98 Å². The fourth-order valence-electron chi connectivity index (χ4n) is 2.14. The third kappa shape index (κ3) is 3.31. The van der Waals surface area contributed by atoms with Crippen molar-refractivity contribution in [2.75, 3.05) is 0 Å². The molecule has 0 radical (unpaired) electrons. The zero-order chi connectivity index (χ0) is 15.2. The first-order chi connectivity index (χ1) is 10.8. The average Bonchev–Trinajstić information content (AvgIpc) is 2.61. The SMILES string of the molecule is N#Cc1cncc(-c2ccc(OCc3ccccc3)cc2)c1. The Hall–Kier alpha value is -3.12. The Morgan fingerprint density at radius 3 is 2.41 bits per heavy atom. The summed E-state index contributed by atoms with van der Waals surface area (Å²) in [5, 5.41) is 8.92. The quantitative estimate of drug-likeness (QED) is 0.722. The summed E-state index contributed by atoms with van der Waals surface area (Å²) >= 11 is 0. The summed E-state index contributed by atoms with van der Waals surface area (Å²) in [6.45, 7) is 0.547. The highest BCUT2D eigenvalue weighted by Gasteiger charge is 2.01. The third-order valence-electron chi connectivity index (χ3n) is 3.30. The molecule has 0 atom stereocenters. The van der Waals surface area contributed by atoms with Crippen molar-refractivity contribution in [3.8, 4) is 22.9 Å². The lowest BCUT2D eigenvalue weighted by Crippen LogP contribution is -1.94. The predicted molar refractivity (Wildman–Crippen MR) is 85.2 cm³/mol. The van der Waals surface area contributed by atoms with Gasteiger partial charge in [-0.15, -0.1) is 0 Å².